The number of likely N-dealkylation sites (tertiary alicyclic amines) is 1. The minimum Gasteiger partial charge on any atom is -0.481 e. The Labute approximate surface area is 166 Å². The quantitative estimate of drug-likeness (QED) is 0.632. The van der Waals surface area contributed by atoms with Gasteiger partial charge in [-0.25, -0.2) is 4.39 Å². The van der Waals surface area contributed by atoms with E-state index in [4.69, 9.17) is 16.3 Å². The normalized spacial score (nSPS) is 19.3. The predicted octanol–water partition coefficient (Wildman–Crippen LogP) is 4.10. The third-order valence-corrected chi connectivity index (χ3v) is 5.14. The van der Waals surface area contributed by atoms with E-state index in [2.05, 4.69) is 18.7 Å². The number of ether oxygens (including phenoxy) is 1. The summed E-state index contributed by atoms with van der Waals surface area (Å²) in [7, 11) is 0. The van der Waals surface area contributed by atoms with Crippen molar-refractivity contribution < 1.29 is 19.0 Å². The highest BCUT2D eigenvalue weighted by atomic mass is 35.5. The fraction of sp³-hybridized carbons (Fsp3) is 0.650. The predicted molar refractivity (Wildman–Crippen MR) is 106 cm³/mol. The molecule has 5 nitrogen and oxygen atoms in total. The number of hydrogen-bond donors (Lipinski definition) is 1. The van der Waals surface area contributed by atoms with E-state index < -0.39 is 5.97 Å². The molecule has 0 aliphatic carbocycles. The molecule has 27 heavy (non-hydrogen) atoms. The Bertz CT molecular complexity index is 629. The maximum atomic E-state index is 13.4. The molecular weight excluding hydrogens is 371 g/mol. The van der Waals surface area contributed by atoms with Crippen LogP contribution in [0.4, 0.5) is 10.1 Å². The standard InChI is InChI=1S/C20H30ClFN2O3/c1-14(2)12-24(19-7-6-17(22)11-18(19)21)15(3)27-10-9-23-8-4-5-16(13-23)20(25)26/h6-7,11,14-16H,4-5,8-10,12-13H2,1-3H3,(H,25,26)/t15?,16-/m1/s1. The molecule has 1 heterocycles. The van der Waals surface area contributed by atoms with Gasteiger partial charge in [-0.2, -0.15) is 0 Å². The molecule has 1 aliphatic heterocycles. The van der Waals surface area contributed by atoms with Crippen molar-refractivity contribution in [1.29, 1.82) is 0 Å². The Balaban J connectivity index is 1.93. The Kier molecular flexibility index (Phi) is 8.32. The molecule has 0 aromatic heterocycles. The third kappa shape index (κ3) is 6.63. The van der Waals surface area contributed by atoms with Gasteiger partial charge in [-0.3, -0.25) is 4.79 Å². The van der Waals surface area contributed by atoms with E-state index in [-0.39, 0.29) is 18.0 Å². The number of benzene rings is 1. The molecule has 1 aliphatic rings. The van der Waals surface area contributed by atoms with Gasteiger partial charge < -0.3 is 19.6 Å². The Morgan fingerprint density at radius 3 is 2.81 bits per heavy atom. The average molecular weight is 401 g/mol. The lowest BCUT2D eigenvalue weighted by Gasteiger charge is -2.35. The van der Waals surface area contributed by atoms with Crippen LogP contribution in [0.5, 0.6) is 0 Å². The molecule has 2 atom stereocenters. The van der Waals surface area contributed by atoms with Crippen molar-refractivity contribution in [2.24, 2.45) is 11.8 Å². The van der Waals surface area contributed by atoms with Gasteiger partial charge in [0.2, 0.25) is 0 Å². The van der Waals surface area contributed by atoms with Crippen molar-refractivity contribution in [2.45, 2.75) is 39.8 Å². The molecule has 2 rings (SSSR count). The summed E-state index contributed by atoms with van der Waals surface area (Å²) in [5.74, 6) is -0.981. The summed E-state index contributed by atoms with van der Waals surface area (Å²) in [6.45, 7) is 9.58. The monoisotopic (exact) mass is 400 g/mol. The van der Waals surface area contributed by atoms with Crippen LogP contribution in [0.1, 0.15) is 33.6 Å². The van der Waals surface area contributed by atoms with Crippen molar-refractivity contribution in [2.75, 3.05) is 37.7 Å². The first-order valence-electron chi connectivity index (χ1n) is 9.56. The van der Waals surface area contributed by atoms with Crippen LogP contribution < -0.4 is 4.90 Å². The molecule has 0 saturated carbocycles. The molecule has 0 bridgehead atoms. The second-order valence-corrected chi connectivity index (χ2v) is 8.00. The molecule has 0 spiro atoms. The molecule has 1 unspecified atom stereocenters. The van der Waals surface area contributed by atoms with E-state index in [1.165, 1.54) is 12.1 Å². The van der Waals surface area contributed by atoms with E-state index >= 15 is 0 Å². The van der Waals surface area contributed by atoms with E-state index in [0.717, 1.165) is 31.6 Å². The van der Waals surface area contributed by atoms with Gasteiger partial charge in [-0.15, -0.1) is 0 Å². The van der Waals surface area contributed by atoms with Gasteiger partial charge in [0, 0.05) is 19.6 Å². The lowest BCUT2D eigenvalue weighted by atomic mass is 9.98. The highest BCUT2D eigenvalue weighted by Gasteiger charge is 2.25. The maximum Gasteiger partial charge on any atom is 0.307 e. The molecule has 0 radical (unpaired) electrons. The van der Waals surface area contributed by atoms with Crippen LogP contribution in [-0.4, -0.2) is 55.0 Å². The largest absolute Gasteiger partial charge is 0.481 e. The first-order valence-corrected chi connectivity index (χ1v) is 9.94. The minimum atomic E-state index is -0.719. The second kappa shape index (κ2) is 10.2. The zero-order valence-corrected chi connectivity index (χ0v) is 17.1. The van der Waals surface area contributed by atoms with E-state index in [1.54, 1.807) is 6.07 Å². The van der Waals surface area contributed by atoms with Gasteiger partial charge >= 0.3 is 5.97 Å². The van der Waals surface area contributed by atoms with E-state index in [0.29, 0.717) is 30.6 Å². The Morgan fingerprint density at radius 1 is 1.44 bits per heavy atom. The molecular formula is C20H30ClFN2O3. The topological polar surface area (TPSA) is 53.0 Å². The van der Waals surface area contributed by atoms with Gasteiger partial charge in [-0.05, 0) is 50.4 Å². The van der Waals surface area contributed by atoms with Crippen molar-refractivity contribution in [3.63, 3.8) is 0 Å². The minimum absolute atomic E-state index is 0.226. The number of aliphatic carboxylic acids is 1. The number of anilines is 1. The van der Waals surface area contributed by atoms with Gasteiger partial charge in [0.15, 0.2) is 0 Å². The lowest BCUT2D eigenvalue weighted by molar-refractivity contribution is -0.143. The lowest BCUT2D eigenvalue weighted by Crippen LogP contribution is -2.42. The van der Waals surface area contributed by atoms with Crippen LogP contribution in [0.25, 0.3) is 0 Å². The van der Waals surface area contributed by atoms with Gasteiger partial charge in [0.25, 0.3) is 0 Å². The molecule has 1 N–H and O–H groups in total. The van der Waals surface area contributed by atoms with Crippen molar-refractivity contribution >= 4 is 23.3 Å². The number of nitrogens with zero attached hydrogens (tertiary/aromatic N) is 2. The van der Waals surface area contributed by atoms with Crippen LogP contribution in [0.3, 0.4) is 0 Å². The first kappa shape index (κ1) is 21.9. The zero-order valence-electron chi connectivity index (χ0n) is 16.3. The van der Waals surface area contributed by atoms with Crippen LogP contribution in [0.15, 0.2) is 18.2 Å². The highest BCUT2D eigenvalue weighted by molar-refractivity contribution is 6.33. The van der Waals surface area contributed by atoms with Crippen molar-refractivity contribution in [1.82, 2.24) is 4.90 Å². The number of rotatable bonds is 9. The SMILES string of the molecule is CC(C)CN(c1ccc(F)cc1Cl)C(C)OCCN1CCC[C@@H](C(=O)O)C1. The summed E-state index contributed by atoms with van der Waals surface area (Å²) in [6.07, 6.45) is 1.42. The first-order chi connectivity index (χ1) is 12.8. The average Bonchev–Trinajstić information content (AvgIpc) is 2.60. The number of piperidine rings is 1. The van der Waals surface area contributed by atoms with Crippen molar-refractivity contribution in [3.05, 3.63) is 29.0 Å². The maximum absolute atomic E-state index is 13.4. The number of hydrogen-bond acceptors (Lipinski definition) is 4. The van der Waals surface area contributed by atoms with Crippen LogP contribution in [-0.2, 0) is 9.53 Å². The summed E-state index contributed by atoms with van der Waals surface area (Å²) >= 11 is 6.25. The number of carbonyl (C=O) groups is 1. The van der Waals surface area contributed by atoms with Crippen LogP contribution in [0, 0.1) is 17.7 Å². The fourth-order valence-corrected chi connectivity index (χ4v) is 3.73. The van der Waals surface area contributed by atoms with E-state index in [1.807, 2.05) is 11.8 Å². The number of carboxylic acid groups (broad SMARTS) is 1. The summed E-state index contributed by atoms with van der Waals surface area (Å²) in [4.78, 5) is 15.4. The summed E-state index contributed by atoms with van der Waals surface area (Å²) in [6, 6.07) is 4.40. The summed E-state index contributed by atoms with van der Waals surface area (Å²) in [5, 5.41) is 9.56. The van der Waals surface area contributed by atoms with Gasteiger partial charge in [0.1, 0.15) is 12.0 Å². The van der Waals surface area contributed by atoms with Crippen molar-refractivity contribution in [3.8, 4) is 0 Å². The molecule has 1 aromatic rings. The second-order valence-electron chi connectivity index (χ2n) is 7.59. The molecule has 0 amide bonds. The molecule has 1 fully saturated rings. The van der Waals surface area contributed by atoms with E-state index in [9.17, 15) is 14.3 Å². The van der Waals surface area contributed by atoms with Crippen LogP contribution >= 0.6 is 11.6 Å². The summed E-state index contributed by atoms with van der Waals surface area (Å²) in [5.41, 5.74) is 0.753. The number of carboxylic acids is 1. The van der Waals surface area contributed by atoms with Crippen LogP contribution in [0.2, 0.25) is 5.02 Å². The smallest absolute Gasteiger partial charge is 0.307 e. The number of halogens is 2. The molecule has 1 saturated heterocycles. The Hall–Kier alpha value is -1.37. The fourth-order valence-electron chi connectivity index (χ4n) is 3.45. The molecule has 152 valence electrons. The molecule has 1 aromatic carbocycles. The Morgan fingerprint density at radius 2 is 2.19 bits per heavy atom. The van der Waals surface area contributed by atoms with Gasteiger partial charge in [-0.1, -0.05) is 25.4 Å². The molecule has 7 heteroatoms. The summed E-state index contributed by atoms with van der Waals surface area (Å²) < 4.78 is 19.4. The zero-order chi connectivity index (χ0) is 20.0. The van der Waals surface area contributed by atoms with Gasteiger partial charge in [0.05, 0.1) is 23.2 Å². The third-order valence-electron chi connectivity index (χ3n) is 4.84. The highest BCUT2D eigenvalue weighted by Crippen LogP contribution is 2.29.